The Morgan fingerprint density at radius 1 is 1.24 bits per heavy atom. The molecular formula is C18H10N2O4S. The van der Waals surface area contributed by atoms with Crippen molar-refractivity contribution in [1.82, 2.24) is 0 Å². The van der Waals surface area contributed by atoms with Crippen LogP contribution in [0.5, 0.6) is 0 Å². The van der Waals surface area contributed by atoms with E-state index in [9.17, 15) is 13.2 Å². The fourth-order valence-corrected chi connectivity index (χ4v) is 3.76. The van der Waals surface area contributed by atoms with Crippen molar-refractivity contribution in [2.45, 2.75) is 12.2 Å². The van der Waals surface area contributed by atoms with Crippen LogP contribution >= 0.6 is 0 Å². The first kappa shape index (κ1) is 16.5. The highest BCUT2D eigenvalue weighted by atomic mass is 32.2. The number of benzene rings is 1. The number of nitrogens with zero attached hydrogens (tertiary/aromatic N) is 2. The van der Waals surface area contributed by atoms with Crippen LogP contribution in [0.1, 0.15) is 23.1 Å². The van der Waals surface area contributed by atoms with E-state index >= 15 is 0 Å². The molecular weight excluding hydrogens is 340 g/mol. The number of rotatable bonds is 1. The minimum absolute atomic E-state index is 0.00301. The highest BCUT2D eigenvalue weighted by molar-refractivity contribution is 7.90. The van der Waals surface area contributed by atoms with Crippen LogP contribution in [0.3, 0.4) is 0 Å². The molecule has 122 valence electrons. The second-order valence-corrected chi connectivity index (χ2v) is 7.65. The average Bonchev–Trinajstić information content (AvgIpc) is 2.56. The Labute approximate surface area is 143 Å². The van der Waals surface area contributed by atoms with Gasteiger partial charge < -0.3 is 4.42 Å². The predicted molar refractivity (Wildman–Crippen MR) is 90.7 cm³/mol. The summed E-state index contributed by atoms with van der Waals surface area (Å²) in [5, 5.41) is 18.1. The molecule has 0 bridgehead atoms. The van der Waals surface area contributed by atoms with Gasteiger partial charge in [0.2, 0.25) is 0 Å². The quantitative estimate of drug-likeness (QED) is 0.441. The lowest BCUT2D eigenvalue weighted by atomic mass is 10.0. The first-order valence-electron chi connectivity index (χ1n) is 7.24. The third kappa shape index (κ3) is 3.45. The van der Waals surface area contributed by atoms with E-state index < -0.39 is 15.5 Å². The van der Waals surface area contributed by atoms with Gasteiger partial charge in [0.05, 0.1) is 17.1 Å². The van der Waals surface area contributed by atoms with Crippen LogP contribution in [0.25, 0.3) is 17.0 Å². The van der Waals surface area contributed by atoms with E-state index in [1.807, 2.05) is 0 Å². The molecule has 0 spiro atoms. The summed E-state index contributed by atoms with van der Waals surface area (Å²) >= 11 is 0. The number of sulfone groups is 1. The van der Waals surface area contributed by atoms with E-state index in [-0.39, 0.29) is 34.6 Å². The maximum Gasteiger partial charge on any atom is 0.343 e. The molecule has 0 saturated heterocycles. The van der Waals surface area contributed by atoms with Crippen LogP contribution in [-0.2, 0) is 15.6 Å². The topological polar surface area (TPSA) is 112 Å². The Kier molecular flexibility index (Phi) is 4.15. The molecule has 0 unspecified atom stereocenters. The highest BCUT2D eigenvalue weighted by Gasteiger charge is 2.17. The zero-order valence-electron chi connectivity index (χ0n) is 12.9. The minimum Gasteiger partial charge on any atom is -0.422 e. The van der Waals surface area contributed by atoms with E-state index in [1.54, 1.807) is 24.3 Å². The number of hydrogen-bond acceptors (Lipinski definition) is 6. The second-order valence-electron chi connectivity index (χ2n) is 5.46. The molecule has 2 heterocycles. The van der Waals surface area contributed by atoms with Gasteiger partial charge in [-0.05, 0) is 29.8 Å². The molecule has 0 radical (unpaired) electrons. The van der Waals surface area contributed by atoms with Crippen LogP contribution < -0.4 is 5.63 Å². The Morgan fingerprint density at radius 3 is 2.72 bits per heavy atom. The molecule has 0 amide bonds. The van der Waals surface area contributed by atoms with Crippen molar-refractivity contribution >= 4 is 26.9 Å². The zero-order valence-corrected chi connectivity index (χ0v) is 13.7. The van der Waals surface area contributed by atoms with Gasteiger partial charge in [0.25, 0.3) is 0 Å². The van der Waals surface area contributed by atoms with Crippen LogP contribution in [0, 0.1) is 34.5 Å². The standard InChI is InChI=1S/C18H10N2O4S/c19-9-12(10-20)5-15-6-14-7-16-11-25(22,23)4-2-1-3-13(16)8-17(14)24-18(15)21/h5-8H,2,4,11H2. The van der Waals surface area contributed by atoms with Crippen molar-refractivity contribution in [1.29, 1.82) is 10.5 Å². The Morgan fingerprint density at radius 2 is 2.00 bits per heavy atom. The van der Waals surface area contributed by atoms with Gasteiger partial charge in [0.15, 0.2) is 9.84 Å². The van der Waals surface area contributed by atoms with Crippen molar-refractivity contribution in [2.24, 2.45) is 0 Å². The van der Waals surface area contributed by atoms with Gasteiger partial charge in [-0.2, -0.15) is 10.5 Å². The summed E-state index contributed by atoms with van der Waals surface area (Å²) in [4.78, 5) is 12.0. The summed E-state index contributed by atoms with van der Waals surface area (Å²) < 4.78 is 29.3. The lowest BCUT2D eigenvalue weighted by molar-refractivity contribution is 0.559. The number of allylic oxidation sites excluding steroid dienone is 1. The van der Waals surface area contributed by atoms with Gasteiger partial charge in [-0.1, -0.05) is 11.8 Å². The molecule has 25 heavy (non-hydrogen) atoms. The van der Waals surface area contributed by atoms with E-state index in [0.29, 0.717) is 16.5 Å². The van der Waals surface area contributed by atoms with E-state index in [2.05, 4.69) is 11.8 Å². The zero-order chi connectivity index (χ0) is 18.0. The SMILES string of the molecule is N#CC(C#N)=Cc1cc2cc3c(cc2oc1=O)C#CCCS(=O)(=O)C3. The van der Waals surface area contributed by atoms with Gasteiger partial charge in [0, 0.05) is 17.4 Å². The molecule has 1 aliphatic heterocycles. The van der Waals surface area contributed by atoms with Gasteiger partial charge in [-0.3, -0.25) is 0 Å². The third-order valence-corrected chi connectivity index (χ3v) is 5.24. The normalized spacial score (nSPS) is 14.6. The molecule has 0 aliphatic carbocycles. The Balaban J connectivity index is 2.25. The van der Waals surface area contributed by atoms with Crippen molar-refractivity contribution in [3.8, 4) is 24.0 Å². The van der Waals surface area contributed by atoms with Gasteiger partial charge >= 0.3 is 5.63 Å². The van der Waals surface area contributed by atoms with E-state index in [4.69, 9.17) is 14.9 Å². The monoisotopic (exact) mass is 350 g/mol. The molecule has 0 saturated carbocycles. The van der Waals surface area contributed by atoms with Crippen molar-refractivity contribution in [3.05, 3.63) is 50.9 Å². The predicted octanol–water partition coefficient (Wildman–Crippen LogP) is 1.89. The molecule has 1 aromatic heterocycles. The van der Waals surface area contributed by atoms with Crippen LogP contribution in [-0.4, -0.2) is 14.2 Å². The van der Waals surface area contributed by atoms with E-state index in [0.717, 1.165) is 6.08 Å². The molecule has 3 rings (SSSR count). The molecule has 0 atom stereocenters. The van der Waals surface area contributed by atoms with Gasteiger partial charge in [0.1, 0.15) is 23.3 Å². The van der Waals surface area contributed by atoms with E-state index in [1.165, 1.54) is 6.07 Å². The summed E-state index contributed by atoms with van der Waals surface area (Å²) in [6.45, 7) is 0. The largest absolute Gasteiger partial charge is 0.422 e. The molecule has 7 heteroatoms. The third-order valence-electron chi connectivity index (χ3n) is 3.66. The Bertz CT molecular complexity index is 1210. The number of hydrogen-bond donors (Lipinski definition) is 0. The second kappa shape index (κ2) is 6.28. The maximum absolute atomic E-state index is 12.0. The van der Waals surface area contributed by atoms with Crippen molar-refractivity contribution < 1.29 is 12.8 Å². The highest BCUT2D eigenvalue weighted by Crippen LogP contribution is 2.23. The number of fused-ring (bicyclic) bond motifs is 2. The fourth-order valence-electron chi connectivity index (χ4n) is 2.48. The number of nitriles is 2. The molecule has 0 N–H and O–H groups in total. The first-order chi connectivity index (χ1) is 11.9. The average molecular weight is 350 g/mol. The lowest BCUT2D eigenvalue weighted by Gasteiger charge is -2.10. The summed E-state index contributed by atoms with van der Waals surface area (Å²) in [5.74, 6) is 5.57. The summed E-state index contributed by atoms with van der Waals surface area (Å²) in [7, 11) is -3.26. The molecule has 1 aromatic carbocycles. The molecule has 0 fully saturated rings. The molecule has 2 aromatic rings. The van der Waals surface area contributed by atoms with Crippen molar-refractivity contribution in [3.63, 3.8) is 0 Å². The van der Waals surface area contributed by atoms with Crippen molar-refractivity contribution in [2.75, 3.05) is 5.75 Å². The summed E-state index contributed by atoms with van der Waals surface area (Å²) in [5.41, 5.74) is 0.434. The van der Waals surface area contributed by atoms with Crippen LogP contribution in [0.4, 0.5) is 0 Å². The van der Waals surface area contributed by atoms with Gasteiger partial charge in [-0.25, -0.2) is 13.2 Å². The van der Waals surface area contributed by atoms with Gasteiger partial charge in [-0.15, -0.1) is 0 Å². The van der Waals surface area contributed by atoms with Crippen LogP contribution in [0.15, 0.2) is 33.0 Å². The minimum atomic E-state index is -3.26. The smallest absolute Gasteiger partial charge is 0.343 e. The maximum atomic E-state index is 12.0. The lowest BCUT2D eigenvalue weighted by Crippen LogP contribution is -2.12. The fraction of sp³-hybridized carbons (Fsp3) is 0.167. The summed E-state index contributed by atoms with van der Waals surface area (Å²) in [6, 6.07) is 7.97. The Hall–Kier alpha value is -3.34. The van der Waals surface area contributed by atoms with Crippen LogP contribution in [0.2, 0.25) is 0 Å². The molecule has 6 nitrogen and oxygen atoms in total. The first-order valence-corrected chi connectivity index (χ1v) is 9.06. The molecule has 1 aliphatic rings. The summed E-state index contributed by atoms with van der Waals surface area (Å²) in [6.07, 6.45) is 1.40.